The van der Waals surface area contributed by atoms with Crippen molar-refractivity contribution in [3.8, 4) is 5.75 Å². The first-order chi connectivity index (χ1) is 9.88. The summed E-state index contributed by atoms with van der Waals surface area (Å²) in [5.74, 6) is 0.904. The molecular formula is C17H23ClN2O. The molecule has 0 amide bonds. The number of nitrogens with zero attached hydrogens (tertiary/aromatic N) is 2. The van der Waals surface area contributed by atoms with Crippen molar-refractivity contribution in [1.82, 2.24) is 9.55 Å². The summed E-state index contributed by atoms with van der Waals surface area (Å²) in [5, 5.41) is 0. The summed E-state index contributed by atoms with van der Waals surface area (Å²) in [5.41, 5.74) is 1.23. The molecule has 114 valence electrons. The number of hydrogen-bond donors (Lipinski definition) is 0. The van der Waals surface area contributed by atoms with Crippen LogP contribution in [-0.2, 0) is 6.54 Å². The largest absolute Gasteiger partial charge is 0.497 e. The van der Waals surface area contributed by atoms with Crippen molar-refractivity contribution in [1.29, 1.82) is 0 Å². The van der Waals surface area contributed by atoms with E-state index in [4.69, 9.17) is 4.74 Å². The minimum atomic E-state index is 0. The van der Waals surface area contributed by atoms with Gasteiger partial charge in [-0.05, 0) is 37.0 Å². The first kappa shape index (κ1) is 17.3. The number of methoxy groups -OCH3 is 1. The van der Waals surface area contributed by atoms with E-state index in [2.05, 4.69) is 33.8 Å². The standard InChI is InChI=1S/C17H22N2O.ClH/c1-20-17-10-8-16(9-11-17)7-5-3-2-4-6-13-19-14-12-18-15-19;/h5,7-12,14-15H,2-4,6,13H2,1H3;1H. The highest BCUT2D eigenvalue weighted by Gasteiger charge is 1.92. The molecule has 0 saturated carbocycles. The van der Waals surface area contributed by atoms with Crippen LogP contribution in [0.4, 0.5) is 0 Å². The molecule has 0 fully saturated rings. The van der Waals surface area contributed by atoms with Gasteiger partial charge < -0.3 is 9.30 Å². The van der Waals surface area contributed by atoms with Crippen LogP contribution >= 0.6 is 12.4 Å². The van der Waals surface area contributed by atoms with Gasteiger partial charge in [0.05, 0.1) is 13.4 Å². The van der Waals surface area contributed by atoms with Gasteiger partial charge in [0.2, 0.25) is 0 Å². The third-order valence-electron chi connectivity index (χ3n) is 3.27. The lowest BCUT2D eigenvalue weighted by atomic mass is 10.1. The molecule has 0 radical (unpaired) electrons. The van der Waals surface area contributed by atoms with Gasteiger partial charge in [0.25, 0.3) is 0 Å². The molecule has 2 aromatic rings. The number of aryl methyl sites for hydroxylation is 1. The lowest BCUT2D eigenvalue weighted by Gasteiger charge is -2.01. The summed E-state index contributed by atoms with van der Waals surface area (Å²) >= 11 is 0. The van der Waals surface area contributed by atoms with Crippen LogP contribution < -0.4 is 4.74 Å². The number of hydrogen-bond acceptors (Lipinski definition) is 2. The molecule has 0 atom stereocenters. The molecule has 0 aliphatic rings. The summed E-state index contributed by atoms with van der Waals surface area (Å²) in [4.78, 5) is 4.04. The van der Waals surface area contributed by atoms with Gasteiger partial charge in [-0.25, -0.2) is 4.98 Å². The molecular weight excluding hydrogens is 284 g/mol. The average molecular weight is 307 g/mol. The number of rotatable bonds is 8. The van der Waals surface area contributed by atoms with Crippen molar-refractivity contribution in [2.45, 2.75) is 32.2 Å². The molecule has 1 heterocycles. The van der Waals surface area contributed by atoms with Gasteiger partial charge in [0.15, 0.2) is 0 Å². The molecule has 3 nitrogen and oxygen atoms in total. The zero-order valence-electron chi connectivity index (χ0n) is 12.4. The summed E-state index contributed by atoms with van der Waals surface area (Å²) in [7, 11) is 1.69. The van der Waals surface area contributed by atoms with Gasteiger partial charge in [0.1, 0.15) is 5.75 Å². The van der Waals surface area contributed by atoms with E-state index in [1.54, 1.807) is 7.11 Å². The second-order valence-corrected chi connectivity index (χ2v) is 4.83. The highest BCUT2D eigenvalue weighted by atomic mass is 35.5. The Morgan fingerprint density at radius 1 is 1.14 bits per heavy atom. The maximum atomic E-state index is 5.14. The SMILES string of the molecule is COc1ccc(C=CCCCCCn2ccnc2)cc1.Cl. The predicted octanol–water partition coefficient (Wildman–Crippen LogP) is 4.59. The molecule has 1 aromatic heterocycles. The maximum absolute atomic E-state index is 5.14. The second kappa shape index (κ2) is 10.1. The average Bonchev–Trinajstić information content (AvgIpc) is 3.00. The second-order valence-electron chi connectivity index (χ2n) is 4.83. The number of ether oxygens (including phenoxy) is 1. The number of imidazole rings is 1. The normalized spacial score (nSPS) is 10.5. The van der Waals surface area contributed by atoms with Crippen LogP contribution in [0, 0.1) is 0 Å². The van der Waals surface area contributed by atoms with Crippen molar-refractivity contribution in [3.05, 3.63) is 54.6 Å². The number of halogens is 1. The van der Waals surface area contributed by atoms with E-state index in [0.29, 0.717) is 0 Å². The van der Waals surface area contributed by atoms with Crippen LogP contribution in [0.25, 0.3) is 6.08 Å². The molecule has 0 spiro atoms. The summed E-state index contributed by atoms with van der Waals surface area (Å²) < 4.78 is 7.27. The highest BCUT2D eigenvalue weighted by molar-refractivity contribution is 5.85. The Labute approximate surface area is 133 Å². The molecule has 0 aliphatic heterocycles. The topological polar surface area (TPSA) is 27.1 Å². The van der Waals surface area contributed by atoms with Crippen LogP contribution in [0.3, 0.4) is 0 Å². The van der Waals surface area contributed by atoms with Crippen molar-refractivity contribution >= 4 is 18.5 Å². The van der Waals surface area contributed by atoms with Crippen LogP contribution in [0.5, 0.6) is 5.75 Å². The minimum absolute atomic E-state index is 0. The fraction of sp³-hybridized carbons (Fsp3) is 0.353. The molecule has 1 aromatic carbocycles. The van der Waals surface area contributed by atoms with Gasteiger partial charge in [-0.3, -0.25) is 0 Å². The fourth-order valence-electron chi connectivity index (χ4n) is 2.09. The molecule has 0 bridgehead atoms. The van der Waals surface area contributed by atoms with Crippen LogP contribution in [-0.4, -0.2) is 16.7 Å². The number of unbranched alkanes of at least 4 members (excludes halogenated alkanes) is 3. The number of benzene rings is 1. The Morgan fingerprint density at radius 3 is 2.62 bits per heavy atom. The number of aromatic nitrogens is 2. The van der Waals surface area contributed by atoms with E-state index in [0.717, 1.165) is 18.7 Å². The highest BCUT2D eigenvalue weighted by Crippen LogP contribution is 2.13. The molecule has 4 heteroatoms. The Hall–Kier alpha value is -1.74. The quantitative estimate of drug-likeness (QED) is 0.667. The predicted molar refractivity (Wildman–Crippen MR) is 90.0 cm³/mol. The first-order valence-corrected chi connectivity index (χ1v) is 7.15. The monoisotopic (exact) mass is 306 g/mol. The molecule has 2 rings (SSSR count). The molecule has 0 aliphatic carbocycles. The van der Waals surface area contributed by atoms with Gasteiger partial charge in [-0.1, -0.05) is 30.7 Å². The van der Waals surface area contributed by atoms with Crippen molar-refractivity contribution in [2.24, 2.45) is 0 Å². The van der Waals surface area contributed by atoms with Crippen LogP contribution in [0.2, 0.25) is 0 Å². The molecule has 0 N–H and O–H groups in total. The third kappa shape index (κ3) is 6.50. The fourth-order valence-corrected chi connectivity index (χ4v) is 2.09. The molecule has 0 unspecified atom stereocenters. The van der Waals surface area contributed by atoms with Crippen molar-refractivity contribution in [3.63, 3.8) is 0 Å². The van der Waals surface area contributed by atoms with E-state index in [1.807, 2.05) is 30.9 Å². The van der Waals surface area contributed by atoms with Gasteiger partial charge in [0, 0.05) is 18.9 Å². The first-order valence-electron chi connectivity index (χ1n) is 7.15. The van der Waals surface area contributed by atoms with Crippen molar-refractivity contribution < 1.29 is 4.74 Å². The van der Waals surface area contributed by atoms with Gasteiger partial charge >= 0.3 is 0 Å². The Bertz CT molecular complexity index is 506. The lowest BCUT2D eigenvalue weighted by molar-refractivity contribution is 0.415. The zero-order valence-corrected chi connectivity index (χ0v) is 13.3. The maximum Gasteiger partial charge on any atom is 0.118 e. The van der Waals surface area contributed by atoms with Crippen molar-refractivity contribution in [2.75, 3.05) is 7.11 Å². The van der Waals surface area contributed by atoms with E-state index in [-0.39, 0.29) is 12.4 Å². The van der Waals surface area contributed by atoms with E-state index < -0.39 is 0 Å². The lowest BCUT2D eigenvalue weighted by Crippen LogP contribution is -1.93. The Kier molecular flexibility index (Phi) is 8.29. The van der Waals surface area contributed by atoms with E-state index >= 15 is 0 Å². The zero-order chi connectivity index (χ0) is 14.0. The molecule has 0 saturated heterocycles. The smallest absolute Gasteiger partial charge is 0.118 e. The summed E-state index contributed by atoms with van der Waals surface area (Å²) in [6.07, 6.45) is 15.0. The number of allylic oxidation sites excluding steroid dienone is 1. The van der Waals surface area contributed by atoms with Gasteiger partial charge in [-0.2, -0.15) is 0 Å². The molecule has 21 heavy (non-hydrogen) atoms. The summed E-state index contributed by atoms with van der Waals surface area (Å²) in [6.45, 7) is 1.07. The minimum Gasteiger partial charge on any atom is -0.497 e. The third-order valence-corrected chi connectivity index (χ3v) is 3.27. The van der Waals surface area contributed by atoms with Gasteiger partial charge in [-0.15, -0.1) is 12.4 Å². The Morgan fingerprint density at radius 2 is 1.95 bits per heavy atom. The van der Waals surface area contributed by atoms with Crippen LogP contribution in [0.15, 0.2) is 49.1 Å². The summed E-state index contributed by atoms with van der Waals surface area (Å²) in [6, 6.07) is 8.14. The van der Waals surface area contributed by atoms with E-state index in [1.165, 1.54) is 24.8 Å². The Balaban J connectivity index is 0.00000220. The van der Waals surface area contributed by atoms with Crippen LogP contribution in [0.1, 0.15) is 31.2 Å². The van der Waals surface area contributed by atoms with E-state index in [9.17, 15) is 0 Å².